The predicted molar refractivity (Wildman–Crippen MR) is 119 cm³/mol. The summed E-state index contributed by atoms with van der Waals surface area (Å²) in [4.78, 5) is 9.99. The van der Waals surface area contributed by atoms with Gasteiger partial charge in [-0.3, -0.25) is 9.89 Å². The van der Waals surface area contributed by atoms with Crippen LogP contribution >= 0.6 is 24.0 Å². The molecule has 0 spiro atoms. The Hall–Kier alpha value is -0.0800. The lowest BCUT2D eigenvalue weighted by atomic mass is 10.0. The molecule has 0 aromatic carbocycles. The smallest absolute Gasteiger partial charge is 0.191 e. The summed E-state index contributed by atoms with van der Waals surface area (Å²) < 4.78 is 0. The van der Waals surface area contributed by atoms with Crippen LogP contribution in [-0.2, 0) is 0 Å². The zero-order chi connectivity index (χ0) is 17.4. The highest BCUT2D eigenvalue weighted by Crippen LogP contribution is 2.15. The summed E-state index contributed by atoms with van der Waals surface area (Å²) in [5.74, 6) is 1.00. The van der Waals surface area contributed by atoms with E-state index in [1.807, 2.05) is 0 Å². The summed E-state index contributed by atoms with van der Waals surface area (Å²) in [7, 11) is 0. The standard InChI is InChI=1S/C19H39N5.HI/c1-5-20-19(21-11-15-24-12-7-6-8-17(24)4)22-18-9-13-23(14-10-18)16(2)3;/h16-18H,5-15H2,1-4H3,(H2,20,21,22);1H. The molecule has 6 heteroatoms. The number of rotatable bonds is 6. The third-order valence-electron chi connectivity index (χ3n) is 5.54. The molecule has 1 atom stereocenters. The SMILES string of the molecule is CCNC(=NCCN1CCCCC1C)NC1CCN(C(C)C)CC1.I. The molecule has 0 radical (unpaired) electrons. The van der Waals surface area contributed by atoms with Crippen LogP contribution in [0.15, 0.2) is 4.99 Å². The molecule has 2 saturated heterocycles. The Labute approximate surface area is 172 Å². The molecule has 2 N–H and O–H groups in total. The molecular formula is C19H40IN5. The first kappa shape index (κ1) is 23.0. The highest BCUT2D eigenvalue weighted by molar-refractivity contribution is 14.0. The van der Waals surface area contributed by atoms with Gasteiger partial charge in [0.25, 0.3) is 0 Å². The number of nitrogens with one attached hydrogen (secondary N) is 2. The molecule has 1 unspecified atom stereocenters. The van der Waals surface area contributed by atoms with Crippen molar-refractivity contribution in [1.29, 1.82) is 0 Å². The molecule has 0 aliphatic carbocycles. The van der Waals surface area contributed by atoms with E-state index < -0.39 is 0 Å². The van der Waals surface area contributed by atoms with Crippen molar-refractivity contribution >= 4 is 29.9 Å². The summed E-state index contributed by atoms with van der Waals surface area (Å²) in [5.41, 5.74) is 0. The monoisotopic (exact) mass is 465 g/mol. The number of hydrogen-bond acceptors (Lipinski definition) is 3. The zero-order valence-electron chi connectivity index (χ0n) is 16.8. The van der Waals surface area contributed by atoms with Crippen molar-refractivity contribution in [3.63, 3.8) is 0 Å². The number of piperidine rings is 2. The van der Waals surface area contributed by atoms with Gasteiger partial charge in [0.1, 0.15) is 0 Å². The van der Waals surface area contributed by atoms with Crippen LogP contribution in [0.1, 0.15) is 59.8 Å². The average Bonchev–Trinajstić information content (AvgIpc) is 2.57. The number of nitrogens with zero attached hydrogens (tertiary/aromatic N) is 3. The summed E-state index contributed by atoms with van der Waals surface area (Å²) in [6.07, 6.45) is 6.51. The van der Waals surface area contributed by atoms with Gasteiger partial charge in [-0.1, -0.05) is 6.42 Å². The fourth-order valence-corrected chi connectivity index (χ4v) is 3.85. The maximum absolute atomic E-state index is 4.83. The van der Waals surface area contributed by atoms with E-state index in [-0.39, 0.29) is 24.0 Å². The number of aliphatic imine (C=N–C) groups is 1. The van der Waals surface area contributed by atoms with Gasteiger partial charge in [-0.25, -0.2) is 0 Å². The lowest BCUT2D eigenvalue weighted by Gasteiger charge is -2.35. The van der Waals surface area contributed by atoms with Crippen molar-refractivity contribution < 1.29 is 0 Å². The van der Waals surface area contributed by atoms with Crippen LogP contribution in [0, 0.1) is 0 Å². The Morgan fingerprint density at radius 3 is 2.44 bits per heavy atom. The average molecular weight is 465 g/mol. The number of guanidine groups is 1. The quantitative estimate of drug-likeness (QED) is 0.360. The Balaban J connectivity index is 0.00000312. The van der Waals surface area contributed by atoms with Crippen molar-refractivity contribution in [2.75, 3.05) is 39.3 Å². The zero-order valence-corrected chi connectivity index (χ0v) is 19.1. The van der Waals surface area contributed by atoms with Gasteiger partial charge in [0.05, 0.1) is 6.54 Å². The Kier molecular flexibility index (Phi) is 11.3. The fraction of sp³-hybridized carbons (Fsp3) is 0.947. The Morgan fingerprint density at radius 1 is 1.12 bits per heavy atom. The Bertz CT molecular complexity index is 380. The second-order valence-electron chi connectivity index (χ2n) is 7.69. The first-order chi connectivity index (χ1) is 11.6. The van der Waals surface area contributed by atoms with Gasteiger partial charge in [0.2, 0.25) is 0 Å². The topological polar surface area (TPSA) is 42.9 Å². The van der Waals surface area contributed by atoms with E-state index in [2.05, 4.69) is 48.1 Å². The molecule has 5 nitrogen and oxygen atoms in total. The lowest BCUT2D eigenvalue weighted by molar-refractivity contribution is 0.165. The van der Waals surface area contributed by atoms with Gasteiger partial charge in [-0.05, 0) is 59.9 Å². The lowest BCUT2D eigenvalue weighted by Crippen LogP contribution is -2.50. The molecule has 0 bridgehead atoms. The fourth-order valence-electron chi connectivity index (χ4n) is 3.85. The molecule has 2 aliphatic heterocycles. The molecule has 25 heavy (non-hydrogen) atoms. The molecule has 0 amide bonds. The molecule has 0 aromatic heterocycles. The number of likely N-dealkylation sites (tertiary alicyclic amines) is 2. The molecule has 2 heterocycles. The highest BCUT2D eigenvalue weighted by atomic mass is 127. The van der Waals surface area contributed by atoms with Crippen molar-refractivity contribution in [3.05, 3.63) is 0 Å². The minimum absolute atomic E-state index is 0. The van der Waals surface area contributed by atoms with E-state index >= 15 is 0 Å². The first-order valence-corrected chi connectivity index (χ1v) is 10.1. The summed E-state index contributed by atoms with van der Waals surface area (Å²) in [6.45, 7) is 15.6. The summed E-state index contributed by atoms with van der Waals surface area (Å²) in [5, 5.41) is 7.08. The van der Waals surface area contributed by atoms with E-state index in [0.717, 1.165) is 31.6 Å². The van der Waals surface area contributed by atoms with Crippen LogP contribution < -0.4 is 10.6 Å². The second-order valence-corrected chi connectivity index (χ2v) is 7.69. The minimum Gasteiger partial charge on any atom is -0.357 e. The molecule has 2 aliphatic rings. The van der Waals surface area contributed by atoms with Crippen LogP contribution in [0.4, 0.5) is 0 Å². The van der Waals surface area contributed by atoms with Crippen molar-refractivity contribution in [2.45, 2.75) is 77.9 Å². The van der Waals surface area contributed by atoms with E-state index in [4.69, 9.17) is 4.99 Å². The van der Waals surface area contributed by atoms with E-state index in [9.17, 15) is 0 Å². The molecule has 0 saturated carbocycles. The van der Waals surface area contributed by atoms with Crippen LogP contribution in [-0.4, -0.2) is 73.2 Å². The van der Waals surface area contributed by atoms with Gasteiger partial charge < -0.3 is 15.5 Å². The molecule has 0 aromatic rings. The first-order valence-electron chi connectivity index (χ1n) is 10.1. The maximum atomic E-state index is 4.83. The highest BCUT2D eigenvalue weighted by Gasteiger charge is 2.21. The molecule has 2 rings (SSSR count). The van der Waals surface area contributed by atoms with Gasteiger partial charge in [-0.2, -0.15) is 0 Å². The van der Waals surface area contributed by atoms with Gasteiger partial charge >= 0.3 is 0 Å². The molecular weight excluding hydrogens is 425 g/mol. The summed E-state index contributed by atoms with van der Waals surface area (Å²) >= 11 is 0. The second kappa shape index (κ2) is 12.3. The van der Waals surface area contributed by atoms with Crippen LogP contribution in [0.3, 0.4) is 0 Å². The van der Waals surface area contributed by atoms with Gasteiger partial charge in [-0.15, -0.1) is 24.0 Å². The van der Waals surface area contributed by atoms with Gasteiger partial charge in [0, 0.05) is 44.3 Å². The summed E-state index contributed by atoms with van der Waals surface area (Å²) in [6, 6.07) is 1.95. The predicted octanol–water partition coefficient (Wildman–Crippen LogP) is 2.91. The van der Waals surface area contributed by atoms with Crippen molar-refractivity contribution in [1.82, 2.24) is 20.4 Å². The molecule has 148 valence electrons. The van der Waals surface area contributed by atoms with Crippen molar-refractivity contribution in [3.8, 4) is 0 Å². The van der Waals surface area contributed by atoms with E-state index in [1.54, 1.807) is 0 Å². The van der Waals surface area contributed by atoms with Gasteiger partial charge in [0.15, 0.2) is 5.96 Å². The van der Waals surface area contributed by atoms with Crippen molar-refractivity contribution in [2.24, 2.45) is 4.99 Å². The number of hydrogen-bond donors (Lipinski definition) is 2. The van der Waals surface area contributed by atoms with E-state index in [0.29, 0.717) is 12.1 Å². The normalized spacial score (nSPS) is 24.2. The van der Waals surface area contributed by atoms with E-state index in [1.165, 1.54) is 51.7 Å². The third kappa shape index (κ3) is 7.99. The number of halogens is 1. The molecule has 2 fully saturated rings. The van der Waals surface area contributed by atoms with Crippen LogP contribution in [0.2, 0.25) is 0 Å². The largest absolute Gasteiger partial charge is 0.357 e. The third-order valence-corrected chi connectivity index (χ3v) is 5.54. The minimum atomic E-state index is 0. The van der Waals surface area contributed by atoms with Crippen LogP contribution in [0.5, 0.6) is 0 Å². The van der Waals surface area contributed by atoms with Crippen LogP contribution in [0.25, 0.3) is 0 Å². The Morgan fingerprint density at radius 2 is 1.84 bits per heavy atom. The maximum Gasteiger partial charge on any atom is 0.191 e.